The fraction of sp³-hybridized carbons (Fsp3) is 0. The van der Waals surface area contributed by atoms with Crippen LogP contribution in [-0.2, 0) is 0 Å². The molecule has 0 aromatic heterocycles. The maximum Gasteiger partial charge on any atom is 1.00 e. The molecule has 0 spiro atoms. The quantitative estimate of drug-likeness (QED) is 0.226. The fourth-order valence-electron chi connectivity index (χ4n) is 0. The molecule has 0 amide bonds. The number of hydrogen-bond acceptors (Lipinski definition) is 1. The van der Waals surface area contributed by atoms with Crippen molar-refractivity contribution in [3.05, 3.63) is 12.4 Å². The second-order valence-corrected chi connectivity index (χ2v) is 0.433. The smallest absolute Gasteiger partial charge is 0.560 e. The van der Waals surface area contributed by atoms with Gasteiger partial charge in [0.15, 0.2) is 0 Å². The first-order valence-corrected chi connectivity index (χ1v) is 0.827. The third kappa shape index (κ3) is 2.14. The third-order valence-electron chi connectivity index (χ3n) is 0.144. The topological polar surface area (TPSA) is 21.9 Å². The van der Waals surface area contributed by atoms with Gasteiger partial charge in [-0.15, -0.1) is 0 Å². The van der Waals surface area contributed by atoms with E-state index in [2.05, 4.69) is 11.5 Å². The summed E-state index contributed by atoms with van der Waals surface area (Å²) in [5.74, 6) is 0. The largest absolute Gasteiger partial charge is 1.00 e. The molecule has 0 atom stereocenters. The van der Waals surface area contributed by atoms with Crippen LogP contribution in [-0.4, -0.2) is 0 Å². The Balaban J connectivity index is 0.0000000900. The van der Waals surface area contributed by atoms with Gasteiger partial charge in [-0.25, -0.2) is 6.20 Å². The molecule has 0 aromatic carbocycles. The molecule has 1 nitrogen and oxygen atoms in total. The van der Waals surface area contributed by atoms with E-state index in [9.17, 15) is 0 Å². The zero-order valence-electron chi connectivity index (χ0n) is 2.58. The predicted octanol–water partition coefficient (Wildman–Crippen LogP) is -3.13. The molecule has 0 aliphatic carbocycles. The average molecular weight is 47.0 g/mol. The second-order valence-electron chi connectivity index (χ2n) is 0.433. The maximum atomic E-state index is 2.62. The van der Waals surface area contributed by atoms with Crippen molar-refractivity contribution in [1.29, 1.82) is 0 Å². The Hall–Kier alpha value is 0.137. The van der Waals surface area contributed by atoms with Crippen molar-refractivity contribution in [2.24, 2.45) is 0 Å². The molecule has 0 radical (unpaired) electrons. The van der Waals surface area contributed by atoms with Crippen LogP contribution in [0.2, 0.25) is 0 Å². The number of nitrogens with one attached hydrogen (secondary N) is 1. The normalized spacial score (nSPS) is 12.0. The van der Waals surface area contributed by atoms with Gasteiger partial charge < -0.3 is 5.32 Å². The Morgan fingerprint density at radius 1 is 1.75 bits per heavy atom. The summed E-state index contributed by atoms with van der Waals surface area (Å²) >= 11 is 0. The van der Waals surface area contributed by atoms with Crippen molar-refractivity contribution in [1.82, 2.24) is 5.32 Å². The van der Waals surface area contributed by atoms with Gasteiger partial charge in [0.25, 0.3) is 0 Å². The minimum Gasteiger partial charge on any atom is -0.560 e. The fourth-order valence-corrected chi connectivity index (χ4v) is 0. The van der Waals surface area contributed by atoms with Crippen LogP contribution >= 0.6 is 0 Å². The van der Waals surface area contributed by atoms with Crippen LogP contribution in [0.4, 0.5) is 0 Å². The molecule has 0 unspecified atom stereocenters. The summed E-state index contributed by atoms with van der Waals surface area (Å²) in [5.41, 5.74) is 0. The van der Waals surface area contributed by atoms with Crippen LogP contribution in [0.5, 0.6) is 0 Å². The van der Waals surface area contributed by atoms with Gasteiger partial charge in [-0.3, -0.25) is 6.20 Å². The van der Waals surface area contributed by atoms with E-state index in [4.69, 9.17) is 0 Å². The first kappa shape index (κ1) is 4.14. The molecule has 0 fully saturated rings. The molecule has 1 N–H and O–H groups in total. The van der Waals surface area contributed by atoms with Gasteiger partial charge in [-0.05, 0) is 0 Å². The monoisotopic (exact) mass is 47.0 g/mol. The molecule has 16 valence electrons. The standard InChI is InChI=1S/C2H2N.Li/c1-2-3-1;/h1,3H;/q-1;+1. The van der Waals surface area contributed by atoms with Crippen LogP contribution in [0.15, 0.2) is 6.20 Å². The first-order valence-electron chi connectivity index (χ1n) is 0.827. The minimum absolute atomic E-state index is 0. The van der Waals surface area contributed by atoms with E-state index in [1.165, 1.54) is 0 Å². The summed E-state index contributed by atoms with van der Waals surface area (Å²) in [6.07, 6.45) is 4.38. The summed E-state index contributed by atoms with van der Waals surface area (Å²) in [7, 11) is 0. The molecule has 4 heavy (non-hydrogen) atoms. The van der Waals surface area contributed by atoms with Crippen LogP contribution in [0.1, 0.15) is 0 Å². The first-order chi connectivity index (χ1) is 1.50. The number of hydrogen-bond donors (Lipinski definition) is 1. The minimum atomic E-state index is 0. The number of rotatable bonds is 0. The molecule has 0 bridgehead atoms. The van der Waals surface area contributed by atoms with E-state index in [0.29, 0.717) is 0 Å². The van der Waals surface area contributed by atoms with Crippen molar-refractivity contribution in [3.63, 3.8) is 0 Å². The van der Waals surface area contributed by atoms with Crippen molar-refractivity contribution in [2.45, 2.75) is 0 Å². The Labute approximate surface area is 37.3 Å². The van der Waals surface area contributed by atoms with Gasteiger partial charge in [-0.2, -0.15) is 0 Å². The van der Waals surface area contributed by atoms with Crippen LogP contribution in [0, 0.1) is 6.20 Å². The van der Waals surface area contributed by atoms with Gasteiger partial charge >= 0.3 is 18.9 Å². The summed E-state index contributed by atoms with van der Waals surface area (Å²) in [5, 5.41) is 2.62. The Morgan fingerprint density at radius 3 is 2.00 bits per heavy atom. The van der Waals surface area contributed by atoms with Crippen molar-refractivity contribution in [2.75, 3.05) is 0 Å². The van der Waals surface area contributed by atoms with E-state index < -0.39 is 0 Å². The van der Waals surface area contributed by atoms with E-state index >= 15 is 0 Å². The zero-order valence-corrected chi connectivity index (χ0v) is 2.58. The molecule has 0 saturated heterocycles. The van der Waals surface area contributed by atoms with Crippen molar-refractivity contribution >= 4 is 0 Å². The van der Waals surface area contributed by atoms with Gasteiger partial charge in [0.05, 0.1) is 0 Å². The average Bonchev–Trinajstić information content (AvgIpc) is 1.46. The van der Waals surface area contributed by atoms with E-state index in [1.54, 1.807) is 6.20 Å². The van der Waals surface area contributed by atoms with Crippen LogP contribution in [0.3, 0.4) is 0 Å². The molecule has 1 aliphatic rings. The molecule has 1 rings (SSSR count). The molecule has 2 heteroatoms. The van der Waals surface area contributed by atoms with E-state index in [-0.39, 0.29) is 18.9 Å². The Morgan fingerprint density at radius 2 is 2.00 bits per heavy atom. The van der Waals surface area contributed by atoms with Crippen molar-refractivity contribution in [3.8, 4) is 0 Å². The summed E-state index contributed by atoms with van der Waals surface area (Å²) < 4.78 is 0. The van der Waals surface area contributed by atoms with E-state index in [0.717, 1.165) is 0 Å². The second kappa shape index (κ2) is 1.46. The predicted molar refractivity (Wildman–Crippen MR) is 10.9 cm³/mol. The van der Waals surface area contributed by atoms with E-state index in [1.807, 2.05) is 0 Å². The molecule has 0 aromatic rings. The van der Waals surface area contributed by atoms with Crippen LogP contribution in [0.25, 0.3) is 0 Å². The van der Waals surface area contributed by atoms with Gasteiger partial charge in [0.1, 0.15) is 0 Å². The Bertz CT molecular complexity index is 29.0. The SMILES string of the molecule is [C-]1=CN1.[Li+]. The molecule has 1 heterocycles. The molecule has 1 aliphatic heterocycles. The van der Waals surface area contributed by atoms with Gasteiger partial charge in [-0.1, -0.05) is 0 Å². The summed E-state index contributed by atoms with van der Waals surface area (Å²) in [4.78, 5) is 0. The molecule has 0 saturated carbocycles. The molecular weight excluding hydrogens is 45.0 g/mol. The summed E-state index contributed by atoms with van der Waals surface area (Å²) in [6.45, 7) is 0. The van der Waals surface area contributed by atoms with Gasteiger partial charge in [0, 0.05) is 0 Å². The van der Waals surface area contributed by atoms with Crippen LogP contribution < -0.4 is 24.2 Å². The molecular formula is C2H2LiN. The Kier molecular flexibility index (Phi) is 1.51. The van der Waals surface area contributed by atoms with Crippen molar-refractivity contribution < 1.29 is 18.9 Å². The van der Waals surface area contributed by atoms with Gasteiger partial charge in [0.2, 0.25) is 0 Å². The zero-order chi connectivity index (χ0) is 2.12. The third-order valence-corrected chi connectivity index (χ3v) is 0.144. The summed E-state index contributed by atoms with van der Waals surface area (Å²) in [6, 6.07) is 0. The maximum absolute atomic E-state index is 2.62.